The molecule has 0 aliphatic carbocycles. The predicted octanol–water partition coefficient (Wildman–Crippen LogP) is -0.355. The largest absolute Gasteiger partial charge is 0.481 e. The summed E-state index contributed by atoms with van der Waals surface area (Å²) in [7, 11) is 0. The van der Waals surface area contributed by atoms with Crippen LogP contribution in [-0.2, 0) is 17.9 Å². The highest BCUT2D eigenvalue weighted by Crippen LogP contribution is 2.12. The van der Waals surface area contributed by atoms with Crippen molar-refractivity contribution in [3.8, 4) is 0 Å². The molecule has 2 heterocycles. The number of thioether (sulfide) groups is 1. The highest BCUT2D eigenvalue weighted by Gasteiger charge is 2.10. The van der Waals surface area contributed by atoms with Crippen molar-refractivity contribution in [2.45, 2.75) is 18.2 Å². The number of aryl methyl sites for hydroxylation is 1. The fourth-order valence-electron chi connectivity index (χ4n) is 1.37. The van der Waals surface area contributed by atoms with Crippen molar-refractivity contribution in [2.24, 2.45) is 0 Å². The Morgan fingerprint density at radius 3 is 3.00 bits per heavy atom. The number of aromatic nitrogens is 5. The lowest BCUT2D eigenvalue weighted by atomic mass is 10.6. The second-order valence-electron chi connectivity index (χ2n) is 3.41. The molecular formula is C9H11N5O3S. The maximum absolute atomic E-state index is 11.5. The molecule has 2 aromatic rings. The van der Waals surface area contributed by atoms with Gasteiger partial charge >= 0.3 is 11.7 Å². The zero-order valence-electron chi connectivity index (χ0n) is 9.31. The van der Waals surface area contributed by atoms with Crippen LogP contribution in [0.25, 0.3) is 0 Å². The number of carboxylic acid groups (broad SMARTS) is 1. The Morgan fingerprint density at radius 2 is 2.33 bits per heavy atom. The third kappa shape index (κ3) is 3.00. The fourth-order valence-corrected chi connectivity index (χ4v) is 2.06. The second kappa shape index (κ2) is 5.54. The number of carboxylic acids is 1. The van der Waals surface area contributed by atoms with Crippen molar-refractivity contribution in [2.75, 3.05) is 5.75 Å². The van der Waals surface area contributed by atoms with Crippen LogP contribution >= 0.6 is 11.8 Å². The molecule has 2 aromatic heterocycles. The van der Waals surface area contributed by atoms with Gasteiger partial charge in [-0.05, 0) is 6.07 Å². The maximum atomic E-state index is 11.5. The van der Waals surface area contributed by atoms with E-state index in [-0.39, 0.29) is 11.4 Å². The molecule has 18 heavy (non-hydrogen) atoms. The summed E-state index contributed by atoms with van der Waals surface area (Å²) in [6, 6.07) is 1.79. The zero-order chi connectivity index (χ0) is 13.0. The van der Waals surface area contributed by atoms with Crippen LogP contribution in [0.3, 0.4) is 0 Å². The lowest BCUT2D eigenvalue weighted by Gasteiger charge is -2.04. The first kappa shape index (κ1) is 12.4. The summed E-state index contributed by atoms with van der Waals surface area (Å²) in [4.78, 5) is 22.0. The quantitative estimate of drug-likeness (QED) is 0.694. The van der Waals surface area contributed by atoms with Gasteiger partial charge in [0.1, 0.15) is 0 Å². The van der Waals surface area contributed by atoms with Gasteiger partial charge in [0, 0.05) is 18.9 Å². The van der Waals surface area contributed by atoms with E-state index in [0.29, 0.717) is 18.2 Å². The monoisotopic (exact) mass is 269 g/mol. The molecule has 0 spiro atoms. The molecule has 9 heteroatoms. The summed E-state index contributed by atoms with van der Waals surface area (Å²) in [5.74, 6) is -1.08. The summed E-state index contributed by atoms with van der Waals surface area (Å²) in [6.45, 7) is 0.909. The van der Waals surface area contributed by atoms with Crippen LogP contribution in [0.2, 0.25) is 0 Å². The minimum Gasteiger partial charge on any atom is -0.481 e. The number of hydrogen-bond donors (Lipinski definition) is 2. The minimum atomic E-state index is -0.950. The molecule has 0 aromatic carbocycles. The predicted molar refractivity (Wildman–Crippen MR) is 63.4 cm³/mol. The summed E-state index contributed by atoms with van der Waals surface area (Å²) < 4.78 is 3.08. The Kier molecular flexibility index (Phi) is 3.82. The molecule has 0 amide bonds. The molecule has 0 unspecified atom stereocenters. The number of H-pyrrole nitrogens is 1. The molecular weight excluding hydrogens is 258 g/mol. The van der Waals surface area contributed by atoms with Gasteiger partial charge < -0.3 is 5.11 Å². The molecule has 2 rings (SSSR count). The molecule has 0 radical (unpaired) electrons. The topological polar surface area (TPSA) is 106 Å². The van der Waals surface area contributed by atoms with E-state index in [0.717, 1.165) is 11.8 Å². The van der Waals surface area contributed by atoms with Crippen LogP contribution in [0, 0.1) is 0 Å². The Labute approximate surface area is 106 Å². The molecule has 0 atom stereocenters. The van der Waals surface area contributed by atoms with Crippen molar-refractivity contribution in [3.05, 3.63) is 28.9 Å². The fraction of sp³-hybridized carbons (Fsp3) is 0.333. The van der Waals surface area contributed by atoms with E-state index in [9.17, 15) is 9.59 Å². The van der Waals surface area contributed by atoms with Crippen molar-refractivity contribution in [1.82, 2.24) is 24.5 Å². The first-order valence-electron chi connectivity index (χ1n) is 5.14. The number of rotatable bonds is 6. The Bertz CT molecular complexity index is 573. The third-order valence-electron chi connectivity index (χ3n) is 2.16. The van der Waals surface area contributed by atoms with Gasteiger partial charge in [0.25, 0.3) is 0 Å². The maximum Gasteiger partial charge on any atom is 0.344 e. The van der Waals surface area contributed by atoms with Crippen LogP contribution in [0.4, 0.5) is 0 Å². The van der Waals surface area contributed by atoms with Crippen LogP contribution in [0.15, 0.2) is 28.4 Å². The van der Waals surface area contributed by atoms with Crippen LogP contribution in [0.1, 0.15) is 0 Å². The highest BCUT2D eigenvalue weighted by molar-refractivity contribution is 7.99. The van der Waals surface area contributed by atoms with Crippen LogP contribution in [-0.4, -0.2) is 41.4 Å². The van der Waals surface area contributed by atoms with Gasteiger partial charge in [0.05, 0.1) is 12.3 Å². The molecule has 0 fully saturated rings. The third-order valence-corrected chi connectivity index (χ3v) is 3.12. The molecule has 0 aliphatic rings. The molecule has 8 nitrogen and oxygen atoms in total. The Balaban J connectivity index is 2.04. The van der Waals surface area contributed by atoms with Crippen molar-refractivity contribution >= 4 is 17.7 Å². The Hall–Kier alpha value is -2.03. The summed E-state index contributed by atoms with van der Waals surface area (Å²) in [5.41, 5.74) is -0.352. The Morgan fingerprint density at radius 1 is 1.50 bits per heavy atom. The van der Waals surface area contributed by atoms with E-state index in [1.54, 1.807) is 23.1 Å². The van der Waals surface area contributed by atoms with E-state index in [1.807, 2.05) is 0 Å². The van der Waals surface area contributed by atoms with Gasteiger partial charge in [-0.3, -0.25) is 14.0 Å². The zero-order valence-corrected chi connectivity index (χ0v) is 10.1. The molecule has 0 saturated heterocycles. The van der Waals surface area contributed by atoms with Gasteiger partial charge in [-0.1, -0.05) is 11.8 Å². The van der Waals surface area contributed by atoms with Crippen molar-refractivity contribution in [3.63, 3.8) is 0 Å². The average molecular weight is 269 g/mol. The summed E-state index contributed by atoms with van der Waals surface area (Å²) in [6.07, 6.45) is 3.44. The number of nitrogens with one attached hydrogen (secondary N) is 1. The average Bonchev–Trinajstić information content (AvgIpc) is 2.94. The second-order valence-corrected chi connectivity index (χ2v) is 4.36. The number of hydrogen-bond acceptors (Lipinski definition) is 5. The first-order valence-corrected chi connectivity index (χ1v) is 6.12. The van der Waals surface area contributed by atoms with E-state index < -0.39 is 5.97 Å². The lowest BCUT2D eigenvalue weighted by Crippen LogP contribution is -2.21. The van der Waals surface area contributed by atoms with Crippen molar-refractivity contribution in [1.29, 1.82) is 0 Å². The standard InChI is InChI=1S/C9H11N5O3S/c15-7(16)6-18-9-12-11-8(17)14(9)5-4-13-3-1-2-10-13/h1-3H,4-6H2,(H,11,17)(H,15,16). The molecule has 0 bridgehead atoms. The van der Waals surface area contributed by atoms with Gasteiger partial charge in [0.2, 0.25) is 0 Å². The summed E-state index contributed by atoms with van der Waals surface area (Å²) >= 11 is 1.00. The SMILES string of the molecule is O=C(O)CSc1n[nH]c(=O)n1CCn1cccn1. The van der Waals surface area contributed by atoms with Gasteiger partial charge in [-0.15, -0.1) is 5.10 Å². The number of aliphatic carboxylic acids is 1. The summed E-state index contributed by atoms with van der Waals surface area (Å²) in [5, 5.41) is 19.1. The molecule has 0 saturated carbocycles. The number of carbonyl (C=O) groups is 1. The number of nitrogens with zero attached hydrogens (tertiary/aromatic N) is 4. The number of aromatic amines is 1. The van der Waals surface area contributed by atoms with E-state index in [2.05, 4.69) is 15.3 Å². The molecule has 2 N–H and O–H groups in total. The van der Waals surface area contributed by atoms with Crippen molar-refractivity contribution < 1.29 is 9.90 Å². The van der Waals surface area contributed by atoms with Crippen LogP contribution < -0.4 is 5.69 Å². The lowest BCUT2D eigenvalue weighted by molar-refractivity contribution is -0.133. The highest BCUT2D eigenvalue weighted by atomic mass is 32.2. The van der Waals surface area contributed by atoms with E-state index in [1.165, 1.54) is 4.57 Å². The van der Waals surface area contributed by atoms with E-state index in [4.69, 9.17) is 5.11 Å². The smallest absolute Gasteiger partial charge is 0.344 e. The van der Waals surface area contributed by atoms with Gasteiger partial charge in [-0.25, -0.2) is 9.89 Å². The van der Waals surface area contributed by atoms with E-state index >= 15 is 0 Å². The van der Waals surface area contributed by atoms with Crippen LogP contribution in [0.5, 0.6) is 0 Å². The molecule has 0 aliphatic heterocycles. The first-order chi connectivity index (χ1) is 8.66. The van der Waals surface area contributed by atoms with Gasteiger partial charge in [-0.2, -0.15) is 5.10 Å². The molecule has 96 valence electrons. The minimum absolute atomic E-state index is 0.133. The normalized spacial score (nSPS) is 10.7. The van der Waals surface area contributed by atoms with Gasteiger partial charge in [0.15, 0.2) is 5.16 Å².